The van der Waals surface area contributed by atoms with Gasteiger partial charge in [0, 0.05) is 30.0 Å². The molecule has 2 rings (SSSR count). The van der Waals surface area contributed by atoms with Crippen LogP contribution in [0.5, 0.6) is 0 Å². The molecule has 26 heavy (non-hydrogen) atoms. The second kappa shape index (κ2) is 8.49. The molecule has 1 N–H and O–H groups in total. The number of hydrogen-bond acceptors (Lipinski definition) is 4. The third-order valence-electron chi connectivity index (χ3n) is 4.00. The maximum absolute atomic E-state index is 12.5. The Kier molecular flexibility index (Phi) is 6.58. The molecule has 0 aliphatic heterocycles. The number of carbonyl (C=O) groups excluding carboxylic acids is 2. The first-order valence-corrected chi connectivity index (χ1v) is 9.73. The van der Waals surface area contributed by atoms with Crippen molar-refractivity contribution in [2.75, 3.05) is 18.4 Å². The summed E-state index contributed by atoms with van der Waals surface area (Å²) >= 11 is 1.56. The summed E-state index contributed by atoms with van der Waals surface area (Å²) in [5.74, 6) is 0.411. The molecule has 0 aromatic carbocycles. The van der Waals surface area contributed by atoms with E-state index in [1.807, 2.05) is 30.5 Å². The summed E-state index contributed by atoms with van der Waals surface area (Å²) in [6, 6.07) is 5.76. The minimum absolute atomic E-state index is 0.0233. The second-order valence-electron chi connectivity index (χ2n) is 7.41. The number of nitrogens with one attached hydrogen (secondary N) is 1. The number of amides is 2. The summed E-state index contributed by atoms with van der Waals surface area (Å²) in [5, 5.41) is 9.29. The van der Waals surface area contributed by atoms with Gasteiger partial charge in [0.25, 0.3) is 0 Å². The highest BCUT2D eigenvalue weighted by atomic mass is 32.1. The summed E-state index contributed by atoms with van der Waals surface area (Å²) in [6.45, 7) is 8.85. The number of carbonyl (C=O) groups is 2. The fraction of sp³-hybridized carbons (Fsp3) is 0.526. The highest BCUT2D eigenvalue weighted by Gasteiger charge is 2.21. The van der Waals surface area contributed by atoms with Crippen LogP contribution in [0.15, 0.2) is 23.6 Å². The molecule has 2 aromatic heterocycles. The molecule has 0 bridgehead atoms. The molecule has 7 heteroatoms. The van der Waals surface area contributed by atoms with Gasteiger partial charge in [0.15, 0.2) is 0 Å². The largest absolute Gasteiger partial charge is 0.333 e. The predicted octanol–water partition coefficient (Wildman–Crippen LogP) is 3.20. The average Bonchev–Trinajstić information content (AvgIpc) is 3.17. The van der Waals surface area contributed by atoms with E-state index >= 15 is 0 Å². The summed E-state index contributed by atoms with van der Waals surface area (Å²) in [6.07, 6.45) is 1.15. The fourth-order valence-corrected chi connectivity index (χ4v) is 3.24. The Labute approximate surface area is 159 Å². The number of aromatic nitrogens is 2. The van der Waals surface area contributed by atoms with Gasteiger partial charge in [-0.1, -0.05) is 33.8 Å². The van der Waals surface area contributed by atoms with Crippen LogP contribution in [0.4, 0.5) is 5.82 Å². The fourth-order valence-electron chi connectivity index (χ4n) is 2.54. The molecular formula is C19H28N4O2S. The van der Waals surface area contributed by atoms with Gasteiger partial charge >= 0.3 is 0 Å². The third-order valence-corrected chi connectivity index (χ3v) is 4.88. The Morgan fingerprint density at radius 2 is 2.08 bits per heavy atom. The van der Waals surface area contributed by atoms with Gasteiger partial charge in [-0.3, -0.25) is 14.3 Å². The smallest absolute Gasteiger partial charge is 0.245 e. The molecule has 0 saturated heterocycles. The molecule has 2 amide bonds. The van der Waals surface area contributed by atoms with Crippen molar-refractivity contribution in [2.45, 2.75) is 46.0 Å². The molecular weight excluding hydrogens is 348 g/mol. The lowest BCUT2D eigenvalue weighted by Gasteiger charge is -2.21. The van der Waals surface area contributed by atoms with Gasteiger partial charge < -0.3 is 10.2 Å². The monoisotopic (exact) mass is 376 g/mol. The first-order valence-electron chi connectivity index (χ1n) is 8.85. The van der Waals surface area contributed by atoms with Crippen LogP contribution in [-0.2, 0) is 28.5 Å². The molecule has 0 aliphatic rings. The number of thiophene rings is 1. The molecule has 0 spiro atoms. The number of anilines is 1. The van der Waals surface area contributed by atoms with E-state index in [4.69, 9.17) is 0 Å². The second-order valence-corrected chi connectivity index (χ2v) is 8.44. The third kappa shape index (κ3) is 5.42. The summed E-state index contributed by atoms with van der Waals surface area (Å²) in [4.78, 5) is 27.6. The normalized spacial score (nSPS) is 11.4. The molecule has 6 nitrogen and oxygen atoms in total. The number of rotatable bonds is 7. The van der Waals surface area contributed by atoms with Crippen molar-refractivity contribution < 1.29 is 9.59 Å². The lowest BCUT2D eigenvalue weighted by Crippen LogP contribution is -2.39. The topological polar surface area (TPSA) is 67.2 Å². The molecule has 2 aromatic rings. The van der Waals surface area contributed by atoms with Gasteiger partial charge in [-0.25, -0.2) is 0 Å². The minimum Gasteiger partial charge on any atom is -0.333 e. The minimum atomic E-state index is -0.207. The van der Waals surface area contributed by atoms with E-state index < -0.39 is 0 Å². The first-order chi connectivity index (χ1) is 12.2. The van der Waals surface area contributed by atoms with E-state index in [-0.39, 0.29) is 23.8 Å². The van der Waals surface area contributed by atoms with Crippen molar-refractivity contribution in [3.05, 3.63) is 34.2 Å². The number of aryl methyl sites for hydroxylation is 1. The lowest BCUT2D eigenvalue weighted by molar-refractivity contribution is -0.134. The number of nitrogens with zero attached hydrogens (tertiary/aromatic N) is 3. The Balaban J connectivity index is 2.01. The summed E-state index contributed by atoms with van der Waals surface area (Å²) in [5.41, 5.74) is 0.820. The highest BCUT2D eigenvalue weighted by molar-refractivity contribution is 7.10. The van der Waals surface area contributed by atoms with E-state index in [0.29, 0.717) is 18.8 Å². The zero-order valence-corrected chi connectivity index (χ0v) is 17.0. The zero-order chi connectivity index (χ0) is 19.3. The molecule has 0 fully saturated rings. The number of hydrogen-bond donors (Lipinski definition) is 1. The van der Waals surface area contributed by atoms with Crippen LogP contribution >= 0.6 is 11.3 Å². The Morgan fingerprint density at radius 3 is 2.62 bits per heavy atom. The van der Waals surface area contributed by atoms with Gasteiger partial charge in [-0.15, -0.1) is 11.3 Å². The average molecular weight is 377 g/mol. The maximum Gasteiger partial charge on any atom is 0.245 e. The van der Waals surface area contributed by atoms with E-state index in [1.165, 1.54) is 0 Å². The Bertz CT molecular complexity index is 744. The van der Waals surface area contributed by atoms with E-state index in [2.05, 4.69) is 31.2 Å². The maximum atomic E-state index is 12.5. The Morgan fingerprint density at radius 1 is 1.35 bits per heavy atom. The van der Waals surface area contributed by atoms with E-state index in [9.17, 15) is 9.59 Å². The molecule has 142 valence electrons. The lowest BCUT2D eigenvalue weighted by atomic mass is 9.92. The SMILES string of the molecule is CCCN(CC(=O)Nc1cc(C(C)(C)C)nn1C)C(=O)Cc1cccs1. The van der Waals surface area contributed by atoms with Gasteiger partial charge in [0.2, 0.25) is 11.8 Å². The van der Waals surface area contributed by atoms with Crippen molar-refractivity contribution in [2.24, 2.45) is 7.05 Å². The van der Waals surface area contributed by atoms with Crippen molar-refractivity contribution in [3.63, 3.8) is 0 Å². The molecule has 0 atom stereocenters. The van der Waals surface area contributed by atoms with Crippen molar-refractivity contribution in [1.82, 2.24) is 14.7 Å². The highest BCUT2D eigenvalue weighted by Crippen LogP contribution is 2.23. The standard InChI is InChI=1S/C19H28N4O2S/c1-6-9-23(18(25)11-14-8-7-10-26-14)13-17(24)20-16-12-15(19(2,3)4)21-22(16)5/h7-8,10,12H,6,9,11,13H2,1-5H3,(H,20,24). The van der Waals surface area contributed by atoms with Crippen LogP contribution in [0.25, 0.3) is 0 Å². The molecule has 2 heterocycles. The molecule has 0 radical (unpaired) electrons. The molecule has 0 aliphatic carbocycles. The first kappa shape index (κ1) is 20.2. The van der Waals surface area contributed by atoms with E-state index in [0.717, 1.165) is 17.0 Å². The van der Waals surface area contributed by atoms with Gasteiger partial charge in [-0.05, 0) is 17.9 Å². The predicted molar refractivity (Wildman–Crippen MR) is 105 cm³/mol. The van der Waals surface area contributed by atoms with Crippen LogP contribution < -0.4 is 5.32 Å². The van der Waals surface area contributed by atoms with Gasteiger partial charge in [0.05, 0.1) is 18.7 Å². The quantitative estimate of drug-likeness (QED) is 0.807. The summed E-state index contributed by atoms with van der Waals surface area (Å²) in [7, 11) is 1.80. The van der Waals surface area contributed by atoms with Crippen molar-refractivity contribution >= 4 is 29.0 Å². The van der Waals surface area contributed by atoms with Crippen molar-refractivity contribution in [3.8, 4) is 0 Å². The zero-order valence-electron chi connectivity index (χ0n) is 16.2. The van der Waals surface area contributed by atoms with Crippen LogP contribution in [0, 0.1) is 0 Å². The Hall–Kier alpha value is -2.15. The van der Waals surface area contributed by atoms with E-state index in [1.54, 1.807) is 28.0 Å². The van der Waals surface area contributed by atoms with Crippen LogP contribution in [-0.4, -0.2) is 39.6 Å². The van der Waals surface area contributed by atoms with Crippen LogP contribution in [0.2, 0.25) is 0 Å². The molecule has 0 unspecified atom stereocenters. The van der Waals surface area contributed by atoms with Crippen LogP contribution in [0.1, 0.15) is 44.7 Å². The summed E-state index contributed by atoms with van der Waals surface area (Å²) < 4.78 is 1.66. The molecule has 0 saturated carbocycles. The van der Waals surface area contributed by atoms with Gasteiger partial charge in [0.1, 0.15) is 5.82 Å². The van der Waals surface area contributed by atoms with Crippen molar-refractivity contribution in [1.29, 1.82) is 0 Å². The van der Waals surface area contributed by atoms with Crippen LogP contribution in [0.3, 0.4) is 0 Å². The van der Waals surface area contributed by atoms with Gasteiger partial charge in [-0.2, -0.15) is 5.10 Å².